The van der Waals surface area contributed by atoms with Crippen molar-refractivity contribution in [2.24, 2.45) is 11.8 Å². The maximum Gasteiger partial charge on any atom is 0.291 e. The molecule has 2 heterocycles. The number of piperidine rings is 1. The number of rotatable bonds is 13. The molecule has 2 amide bonds. The van der Waals surface area contributed by atoms with Crippen LogP contribution in [-0.4, -0.2) is 63.9 Å². The maximum absolute atomic E-state index is 13.7. The molecular formula is C33H47N5O2. The SMILES string of the molecule is CC(C)CCN(CCC(C)C)C(=O)c1ccc2nc(C(=O)Nc3ccccc3)n(CCCN3CCCCC3)c2c1. The number of aromatic nitrogens is 2. The molecule has 216 valence electrons. The highest BCUT2D eigenvalue weighted by atomic mass is 16.2. The lowest BCUT2D eigenvalue weighted by molar-refractivity contribution is 0.0740. The summed E-state index contributed by atoms with van der Waals surface area (Å²) in [7, 11) is 0. The number of aryl methyl sites for hydroxylation is 1. The van der Waals surface area contributed by atoms with Crippen molar-refractivity contribution in [3.8, 4) is 0 Å². The van der Waals surface area contributed by atoms with Crippen LogP contribution in [0.25, 0.3) is 11.0 Å². The van der Waals surface area contributed by atoms with Gasteiger partial charge < -0.3 is 19.7 Å². The summed E-state index contributed by atoms with van der Waals surface area (Å²) < 4.78 is 2.01. The van der Waals surface area contributed by atoms with Gasteiger partial charge in [0.2, 0.25) is 0 Å². The highest BCUT2D eigenvalue weighted by Gasteiger charge is 2.22. The van der Waals surface area contributed by atoms with Gasteiger partial charge in [-0.25, -0.2) is 4.98 Å². The number of para-hydroxylation sites is 1. The van der Waals surface area contributed by atoms with Gasteiger partial charge in [-0.2, -0.15) is 0 Å². The maximum atomic E-state index is 13.7. The van der Waals surface area contributed by atoms with Crippen LogP contribution >= 0.6 is 0 Å². The summed E-state index contributed by atoms with van der Waals surface area (Å²) in [5.74, 6) is 1.27. The molecule has 0 atom stereocenters. The molecule has 4 rings (SSSR count). The Balaban J connectivity index is 1.62. The van der Waals surface area contributed by atoms with E-state index in [0.29, 0.717) is 29.8 Å². The number of hydrogen-bond donors (Lipinski definition) is 1. The Hall–Kier alpha value is -3.19. The summed E-state index contributed by atoms with van der Waals surface area (Å²) >= 11 is 0. The standard InChI is InChI=1S/C33H47N5O2/c1-25(2)16-22-37(23-17-26(3)4)33(40)27-14-15-29-30(24-27)38(21-11-20-36-18-9-6-10-19-36)31(35-29)32(39)34-28-12-7-5-8-13-28/h5,7-8,12-15,24-26H,6,9-11,16-23H2,1-4H3,(H,34,39). The number of amides is 2. The van der Waals surface area contributed by atoms with E-state index in [9.17, 15) is 9.59 Å². The number of hydrogen-bond acceptors (Lipinski definition) is 4. The third kappa shape index (κ3) is 8.17. The molecule has 7 nitrogen and oxygen atoms in total. The third-order valence-corrected chi connectivity index (χ3v) is 7.77. The van der Waals surface area contributed by atoms with E-state index < -0.39 is 0 Å². The lowest BCUT2D eigenvalue weighted by atomic mass is 10.1. The second-order valence-electron chi connectivity index (χ2n) is 12.0. The molecule has 40 heavy (non-hydrogen) atoms. The normalized spacial score (nSPS) is 14.2. The van der Waals surface area contributed by atoms with E-state index in [0.717, 1.165) is 68.7 Å². The Morgan fingerprint density at radius 1 is 0.900 bits per heavy atom. The van der Waals surface area contributed by atoms with Gasteiger partial charge in [-0.3, -0.25) is 9.59 Å². The smallest absolute Gasteiger partial charge is 0.291 e. The molecular weight excluding hydrogens is 498 g/mol. The lowest BCUT2D eigenvalue weighted by Crippen LogP contribution is -2.34. The zero-order valence-electron chi connectivity index (χ0n) is 24.9. The van der Waals surface area contributed by atoms with Crippen molar-refractivity contribution in [3.63, 3.8) is 0 Å². The second-order valence-corrected chi connectivity index (χ2v) is 12.0. The molecule has 1 N–H and O–H groups in total. The van der Waals surface area contributed by atoms with Gasteiger partial charge in [0, 0.05) is 30.9 Å². The van der Waals surface area contributed by atoms with Crippen molar-refractivity contribution in [1.29, 1.82) is 0 Å². The van der Waals surface area contributed by atoms with Crippen molar-refractivity contribution >= 4 is 28.5 Å². The van der Waals surface area contributed by atoms with Crippen LogP contribution in [0, 0.1) is 11.8 Å². The molecule has 1 aliphatic heterocycles. The number of imidazole rings is 1. The molecule has 2 aromatic carbocycles. The van der Waals surface area contributed by atoms with E-state index in [4.69, 9.17) is 4.98 Å². The number of carbonyl (C=O) groups excluding carboxylic acids is 2. The topological polar surface area (TPSA) is 70.5 Å². The van der Waals surface area contributed by atoms with Crippen LogP contribution in [0.1, 0.15) is 87.2 Å². The molecule has 0 aliphatic carbocycles. The van der Waals surface area contributed by atoms with Gasteiger partial charge in [-0.1, -0.05) is 52.3 Å². The molecule has 0 bridgehead atoms. The Morgan fingerprint density at radius 2 is 1.57 bits per heavy atom. The van der Waals surface area contributed by atoms with Crippen LogP contribution in [0.4, 0.5) is 5.69 Å². The van der Waals surface area contributed by atoms with Crippen LogP contribution in [0.15, 0.2) is 48.5 Å². The summed E-state index contributed by atoms with van der Waals surface area (Å²) in [4.78, 5) is 36.4. The highest BCUT2D eigenvalue weighted by Crippen LogP contribution is 2.22. The van der Waals surface area contributed by atoms with E-state index in [1.807, 2.05) is 58.0 Å². The summed E-state index contributed by atoms with van der Waals surface area (Å²) in [6.45, 7) is 14.2. The van der Waals surface area contributed by atoms with Crippen LogP contribution in [0.5, 0.6) is 0 Å². The summed E-state index contributed by atoms with van der Waals surface area (Å²) in [5, 5.41) is 3.00. The monoisotopic (exact) mass is 545 g/mol. The molecule has 0 spiro atoms. The van der Waals surface area contributed by atoms with Crippen molar-refractivity contribution in [2.75, 3.05) is 38.0 Å². The van der Waals surface area contributed by atoms with E-state index in [2.05, 4.69) is 37.9 Å². The molecule has 0 radical (unpaired) electrons. The van der Waals surface area contributed by atoms with Crippen LogP contribution in [-0.2, 0) is 6.54 Å². The van der Waals surface area contributed by atoms with Crippen molar-refractivity contribution in [2.45, 2.75) is 72.8 Å². The molecule has 7 heteroatoms. The second kappa shape index (κ2) is 14.4. The van der Waals surface area contributed by atoms with Gasteiger partial charge in [0.1, 0.15) is 0 Å². The highest BCUT2D eigenvalue weighted by molar-refractivity contribution is 6.04. The van der Waals surface area contributed by atoms with Gasteiger partial charge in [-0.05, 0) is 93.9 Å². The largest absolute Gasteiger partial charge is 0.339 e. The first-order chi connectivity index (χ1) is 19.3. The molecule has 1 saturated heterocycles. The van der Waals surface area contributed by atoms with Crippen molar-refractivity contribution in [3.05, 3.63) is 59.9 Å². The third-order valence-electron chi connectivity index (χ3n) is 7.77. The Kier molecular flexibility index (Phi) is 10.8. The fourth-order valence-electron chi connectivity index (χ4n) is 5.32. The van der Waals surface area contributed by atoms with Crippen LogP contribution in [0.3, 0.4) is 0 Å². The van der Waals surface area contributed by atoms with Gasteiger partial charge in [-0.15, -0.1) is 0 Å². The minimum absolute atomic E-state index is 0.0551. The number of nitrogens with zero attached hydrogens (tertiary/aromatic N) is 4. The van der Waals surface area contributed by atoms with E-state index in [1.165, 1.54) is 19.3 Å². The Morgan fingerprint density at radius 3 is 2.23 bits per heavy atom. The molecule has 3 aromatic rings. The average molecular weight is 546 g/mol. The van der Waals surface area contributed by atoms with Crippen LogP contribution < -0.4 is 5.32 Å². The van der Waals surface area contributed by atoms with Gasteiger partial charge in [0.05, 0.1) is 11.0 Å². The zero-order chi connectivity index (χ0) is 28.5. The number of carbonyl (C=O) groups is 2. The number of fused-ring (bicyclic) bond motifs is 1. The summed E-state index contributed by atoms with van der Waals surface area (Å²) in [6, 6.07) is 15.2. The van der Waals surface area contributed by atoms with E-state index in [1.54, 1.807) is 0 Å². The Labute approximate surface area is 239 Å². The molecule has 1 aliphatic rings. The number of nitrogens with one attached hydrogen (secondary N) is 1. The Bertz CT molecular complexity index is 1230. The van der Waals surface area contributed by atoms with Gasteiger partial charge in [0.15, 0.2) is 5.82 Å². The lowest BCUT2D eigenvalue weighted by Gasteiger charge is -2.26. The van der Waals surface area contributed by atoms with E-state index >= 15 is 0 Å². The predicted octanol–water partition coefficient (Wildman–Crippen LogP) is 6.70. The summed E-state index contributed by atoms with van der Waals surface area (Å²) in [5.41, 5.74) is 2.98. The van der Waals surface area contributed by atoms with Gasteiger partial charge in [0.25, 0.3) is 11.8 Å². The number of benzene rings is 2. The minimum atomic E-state index is -0.233. The molecule has 0 unspecified atom stereocenters. The first-order valence-corrected chi connectivity index (χ1v) is 15.2. The fraction of sp³-hybridized carbons (Fsp3) is 0.545. The van der Waals surface area contributed by atoms with Gasteiger partial charge >= 0.3 is 0 Å². The minimum Gasteiger partial charge on any atom is -0.339 e. The van der Waals surface area contributed by atoms with Crippen molar-refractivity contribution < 1.29 is 9.59 Å². The fourth-order valence-corrected chi connectivity index (χ4v) is 5.32. The van der Waals surface area contributed by atoms with E-state index in [-0.39, 0.29) is 11.8 Å². The number of likely N-dealkylation sites (tertiary alicyclic amines) is 1. The first-order valence-electron chi connectivity index (χ1n) is 15.2. The van der Waals surface area contributed by atoms with Crippen molar-refractivity contribution in [1.82, 2.24) is 19.4 Å². The molecule has 1 aromatic heterocycles. The van der Waals surface area contributed by atoms with Crippen LogP contribution in [0.2, 0.25) is 0 Å². The first kappa shape index (κ1) is 29.8. The quantitative estimate of drug-likeness (QED) is 0.259. The molecule has 1 fully saturated rings. The summed E-state index contributed by atoms with van der Waals surface area (Å²) in [6.07, 6.45) is 6.70. The predicted molar refractivity (Wildman–Crippen MR) is 164 cm³/mol. The molecule has 0 saturated carbocycles. The number of anilines is 1. The zero-order valence-corrected chi connectivity index (χ0v) is 24.9. The average Bonchev–Trinajstić information content (AvgIpc) is 3.31.